The Morgan fingerprint density at radius 2 is 2.00 bits per heavy atom. The first-order chi connectivity index (χ1) is 9.07. The van der Waals surface area contributed by atoms with Gasteiger partial charge in [-0.2, -0.15) is 13.2 Å². The molecule has 8 heteroatoms. The maximum Gasteiger partial charge on any atom is 0.434 e. The molecule has 20 heavy (non-hydrogen) atoms. The van der Waals surface area contributed by atoms with Crippen molar-refractivity contribution in [3.63, 3.8) is 0 Å². The van der Waals surface area contributed by atoms with Crippen molar-refractivity contribution in [3.05, 3.63) is 11.1 Å². The molecule has 4 nitrogen and oxygen atoms in total. The second-order valence-corrected chi connectivity index (χ2v) is 6.68. The van der Waals surface area contributed by atoms with Crippen LogP contribution in [0.3, 0.4) is 0 Å². The maximum absolute atomic E-state index is 12.4. The van der Waals surface area contributed by atoms with Crippen molar-refractivity contribution in [3.8, 4) is 0 Å². The zero-order valence-corrected chi connectivity index (χ0v) is 12.2. The highest BCUT2D eigenvalue weighted by Crippen LogP contribution is 2.34. The van der Waals surface area contributed by atoms with E-state index in [1.54, 1.807) is 4.90 Å². The van der Waals surface area contributed by atoms with Crippen LogP contribution in [-0.4, -0.2) is 30.0 Å². The molecule has 0 aliphatic carbocycles. The van der Waals surface area contributed by atoms with Gasteiger partial charge in [0.05, 0.1) is 6.04 Å². The lowest BCUT2D eigenvalue weighted by Crippen LogP contribution is -2.60. The fraction of sp³-hybridized carbons (Fsp3) is 0.667. The number of carbonyl (C=O) groups excluding carboxylic acids is 1. The summed E-state index contributed by atoms with van der Waals surface area (Å²) in [7, 11) is 0. The summed E-state index contributed by atoms with van der Waals surface area (Å²) in [5.74, 6) is -0.0581. The number of hydrogen-bond acceptors (Lipinski definition) is 4. The van der Waals surface area contributed by atoms with Crippen molar-refractivity contribution in [2.45, 2.75) is 33.0 Å². The van der Waals surface area contributed by atoms with Crippen LogP contribution in [-0.2, 0) is 11.0 Å². The summed E-state index contributed by atoms with van der Waals surface area (Å²) in [6, 6.07) is -0.0278. The third-order valence-electron chi connectivity index (χ3n) is 2.95. The number of hydrogen-bond donors (Lipinski definition) is 1. The number of amides is 1. The van der Waals surface area contributed by atoms with Gasteiger partial charge in [0.15, 0.2) is 10.8 Å². The highest BCUT2D eigenvalue weighted by Gasteiger charge is 2.37. The first-order valence-corrected chi connectivity index (χ1v) is 7.04. The predicted molar refractivity (Wildman–Crippen MR) is 70.7 cm³/mol. The number of rotatable bonds is 2. The smallest absolute Gasteiger partial charge is 0.349 e. The number of nitrogens with zero attached hydrogens (tertiary/aromatic N) is 2. The highest BCUT2D eigenvalue weighted by molar-refractivity contribution is 7.13. The Kier molecular flexibility index (Phi) is 3.70. The van der Waals surface area contributed by atoms with E-state index in [1.807, 2.05) is 20.8 Å². The normalized spacial score (nSPS) is 17.0. The van der Waals surface area contributed by atoms with Gasteiger partial charge in [-0.1, -0.05) is 20.8 Å². The third kappa shape index (κ3) is 3.23. The van der Waals surface area contributed by atoms with Crippen molar-refractivity contribution in [1.29, 1.82) is 0 Å². The fourth-order valence-corrected chi connectivity index (χ4v) is 2.52. The summed E-state index contributed by atoms with van der Waals surface area (Å²) >= 11 is 0.969. The Morgan fingerprint density at radius 1 is 1.40 bits per heavy atom. The van der Waals surface area contributed by atoms with E-state index in [1.165, 1.54) is 0 Å². The molecule has 0 spiro atoms. The van der Waals surface area contributed by atoms with E-state index in [2.05, 4.69) is 10.3 Å². The van der Waals surface area contributed by atoms with E-state index >= 15 is 0 Å². The quantitative estimate of drug-likeness (QED) is 0.913. The Hall–Kier alpha value is -1.31. The summed E-state index contributed by atoms with van der Waals surface area (Å²) in [6.45, 7) is 6.43. The maximum atomic E-state index is 12.4. The second-order valence-electron chi connectivity index (χ2n) is 5.84. The van der Waals surface area contributed by atoms with E-state index in [9.17, 15) is 18.0 Å². The minimum Gasteiger partial charge on any atom is -0.349 e. The van der Waals surface area contributed by atoms with Crippen LogP contribution in [0.5, 0.6) is 0 Å². The molecular weight excluding hydrogens is 291 g/mol. The minimum absolute atomic E-state index is 0.0278. The van der Waals surface area contributed by atoms with Gasteiger partial charge in [-0.15, -0.1) is 11.3 Å². The van der Waals surface area contributed by atoms with Gasteiger partial charge in [-0.3, -0.25) is 4.79 Å². The molecule has 0 bridgehead atoms. The number of aromatic nitrogens is 1. The van der Waals surface area contributed by atoms with E-state index in [0.29, 0.717) is 18.2 Å². The molecule has 0 radical (unpaired) electrons. The van der Waals surface area contributed by atoms with Gasteiger partial charge in [0.2, 0.25) is 5.91 Å². The number of alkyl halides is 3. The van der Waals surface area contributed by atoms with Crippen LogP contribution >= 0.6 is 11.3 Å². The van der Waals surface area contributed by atoms with Crippen LogP contribution in [0.25, 0.3) is 0 Å². The van der Waals surface area contributed by atoms with Gasteiger partial charge in [0.1, 0.15) is 0 Å². The van der Waals surface area contributed by atoms with Crippen LogP contribution in [0, 0.1) is 5.41 Å². The standard InChI is InChI=1S/C12H16F3N3OS/c1-11(2,3)9(19)16-7-4-18(5-7)10-17-8(6-20-10)12(13,14)15/h6-7H,4-5H2,1-3H3,(H,16,19). The third-order valence-corrected chi connectivity index (χ3v) is 3.85. The molecule has 0 atom stereocenters. The summed E-state index contributed by atoms with van der Waals surface area (Å²) < 4.78 is 37.3. The molecule has 0 unspecified atom stereocenters. The van der Waals surface area contributed by atoms with Crippen molar-refractivity contribution >= 4 is 22.4 Å². The van der Waals surface area contributed by atoms with Crippen LogP contribution in [0.15, 0.2) is 5.38 Å². The number of nitrogens with one attached hydrogen (secondary N) is 1. The zero-order valence-electron chi connectivity index (χ0n) is 11.4. The van der Waals surface area contributed by atoms with Crippen LogP contribution in [0.4, 0.5) is 18.3 Å². The van der Waals surface area contributed by atoms with Crippen molar-refractivity contribution < 1.29 is 18.0 Å². The van der Waals surface area contributed by atoms with Gasteiger partial charge in [-0.25, -0.2) is 4.98 Å². The molecule has 1 N–H and O–H groups in total. The van der Waals surface area contributed by atoms with E-state index < -0.39 is 17.3 Å². The van der Waals surface area contributed by atoms with Crippen LogP contribution < -0.4 is 10.2 Å². The largest absolute Gasteiger partial charge is 0.434 e. The van der Waals surface area contributed by atoms with E-state index in [0.717, 1.165) is 16.7 Å². The Labute approximate surface area is 119 Å². The van der Waals surface area contributed by atoms with Gasteiger partial charge in [0.25, 0.3) is 0 Å². The zero-order chi connectivity index (χ0) is 15.1. The number of anilines is 1. The molecule has 1 aliphatic heterocycles. The van der Waals surface area contributed by atoms with Gasteiger partial charge < -0.3 is 10.2 Å². The van der Waals surface area contributed by atoms with E-state index in [4.69, 9.17) is 0 Å². The average Bonchev–Trinajstić information content (AvgIpc) is 2.69. The molecule has 2 rings (SSSR count). The molecule has 2 heterocycles. The predicted octanol–water partition coefficient (Wildman–Crippen LogP) is 2.51. The molecule has 112 valence electrons. The molecule has 1 fully saturated rings. The lowest BCUT2D eigenvalue weighted by Gasteiger charge is -2.40. The van der Waals surface area contributed by atoms with Gasteiger partial charge >= 0.3 is 6.18 Å². The molecule has 0 aromatic carbocycles. The lowest BCUT2D eigenvalue weighted by molar-refractivity contribution is -0.140. The van der Waals surface area contributed by atoms with Crippen molar-refractivity contribution in [2.75, 3.05) is 18.0 Å². The highest BCUT2D eigenvalue weighted by atomic mass is 32.1. The summed E-state index contributed by atoms with van der Waals surface area (Å²) in [5, 5.41) is 4.22. The SMILES string of the molecule is CC(C)(C)C(=O)NC1CN(c2nc(C(F)(F)F)cs2)C1. The number of thiazole rings is 1. The molecule has 1 amide bonds. The topological polar surface area (TPSA) is 45.2 Å². The summed E-state index contributed by atoms with van der Waals surface area (Å²) in [4.78, 5) is 17.1. The summed E-state index contributed by atoms with van der Waals surface area (Å²) in [6.07, 6.45) is -4.40. The Morgan fingerprint density at radius 3 is 2.45 bits per heavy atom. The first-order valence-electron chi connectivity index (χ1n) is 6.16. The molecule has 1 saturated heterocycles. The van der Waals surface area contributed by atoms with Crippen LogP contribution in [0.2, 0.25) is 0 Å². The second kappa shape index (κ2) is 4.91. The summed E-state index contributed by atoms with van der Waals surface area (Å²) in [5.41, 5.74) is -1.33. The first kappa shape index (κ1) is 15.1. The molecule has 0 saturated carbocycles. The Bertz CT molecular complexity index is 501. The van der Waals surface area contributed by atoms with Gasteiger partial charge in [0, 0.05) is 23.9 Å². The van der Waals surface area contributed by atoms with E-state index in [-0.39, 0.29) is 11.9 Å². The molecular formula is C12H16F3N3OS. The lowest BCUT2D eigenvalue weighted by atomic mass is 9.94. The average molecular weight is 307 g/mol. The van der Waals surface area contributed by atoms with Crippen molar-refractivity contribution in [1.82, 2.24) is 10.3 Å². The molecule has 1 aliphatic rings. The number of halogens is 3. The number of carbonyl (C=O) groups is 1. The Balaban J connectivity index is 1.88. The minimum atomic E-state index is -4.40. The monoisotopic (exact) mass is 307 g/mol. The van der Waals surface area contributed by atoms with Gasteiger partial charge in [-0.05, 0) is 0 Å². The fourth-order valence-electron chi connectivity index (χ4n) is 1.67. The van der Waals surface area contributed by atoms with Crippen LogP contribution in [0.1, 0.15) is 26.5 Å². The molecule has 1 aromatic heterocycles. The molecule has 1 aromatic rings. The van der Waals surface area contributed by atoms with Crippen molar-refractivity contribution in [2.24, 2.45) is 5.41 Å².